The van der Waals surface area contributed by atoms with Gasteiger partial charge in [-0.1, -0.05) is 6.92 Å². The first-order chi connectivity index (χ1) is 11.6. The molecule has 0 radical (unpaired) electrons. The molecule has 2 amide bonds. The lowest BCUT2D eigenvalue weighted by molar-refractivity contribution is -0.116. The number of anilines is 2. The van der Waals surface area contributed by atoms with Gasteiger partial charge in [0.2, 0.25) is 11.8 Å². The SMILES string of the molecule is CCCC(=O)Nc1ccc(SC(C)C(=O)Nc2ccncc2)cc1. The van der Waals surface area contributed by atoms with E-state index in [4.69, 9.17) is 0 Å². The molecule has 2 rings (SSSR count). The third kappa shape index (κ3) is 5.70. The number of rotatable bonds is 7. The normalized spacial score (nSPS) is 11.6. The molecule has 0 saturated heterocycles. The molecule has 0 spiro atoms. The van der Waals surface area contributed by atoms with Crippen LogP contribution in [0.15, 0.2) is 53.7 Å². The van der Waals surface area contributed by atoms with Gasteiger partial charge in [-0.25, -0.2) is 0 Å². The number of benzene rings is 1. The van der Waals surface area contributed by atoms with Gasteiger partial charge in [0.15, 0.2) is 0 Å². The van der Waals surface area contributed by atoms with Crippen LogP contribution in [0, 0.1) is 0 Å². The summed E-state index contributed by atoms with van der Waals surface area (Å²) in [7, 11) is 0. The molecule has 2 N–H and O–H groups in total. The summed E-state index contributed by atoms with van der Waals surface area (Å²) in [6.45, 7) is 3.83. The maximum absolute atomic E-state index is 12.2. The van der Waals surface area contributed by atoms with Gasteiger partial charge in [-0.05, 0) is 49.7 Å². The van der Waals surface area contributed by atoms with E-state index in [1.54, 1.807) is 24.5 Å². The largest absolute Gasteiger partial charge is 0.326 e. The molecule has 0 saturated carbocycles. The summed E-state index contributed by atoms with van der Waals surface area (Å²) in [5.74, 6) is -0.0467. The van der Waals surface area contributed by atoms with Crippen molar-refractivity contribution in [2.45, 2.75) is 36.8 Å². The van der Waals surface area contributed by atoms with E-state index in [0.29, 0.717) is 6.42 Å². The third-order valence-electron chi connectivity index (χ3n) is 3.25. The van der Waals surface area contributed by atoms with Crippen LogP contribution in [-0.4, -0.2) is 22.0 Å². The van der Waals surface area contributed by atoms with Gasteiger partial charge in [-0.2, -0.15) is 0 Å². The molecule has 126 valence electrons. The second-order valence-electron chi connectivity index (χ2n) is 5.31. The van der Waals surface area contributed by atoms with Crippen molar-refractivity contribution in [3.8, 4) is 0 Å². The molecule has 1 unspecified atom stereocenters. The lowest BCUT2D eigenvalue weighted by Gasteiger charge is -2.12. The highest BCUT2D eigenvalue weighted by molar-refractivity contribution is 8.00. The minimum absolute atomic E-state index is 0.0167. The van der Waals surface area contributed by atoms with Gasteiger partial charge in [0, 0.05) is 35.1 Å². The Bertz CT molecular complexity index is 674. The Kier molecular flexibility index (Phi) is 6.81. The summed E-state index contributed by atoms with van der Waals surface area (Å²) >= 11 is 1.47. The number of carbonyl (C=O) groups is 2. The maximum Gasteiger partial charge on any atom is 0.237 e. The Morgan fingerprint density at radius 2 is 1.67 bits per heavy atom. The molecule has 1 heterocycles. The zero-order valence-electron chi connectivity index (χ0n) is 13.8. The Morgan fingerprint density at radius 3 is 2.29 bits per heavy atom. The number of aromatic nitrogens is 1. The highest BCUT2D eigenvalue weighted by Gasteiger charge is 2.14. The molecule has 1 atom stereocenters. The molecule has 0 aliphatic rings. The topological polar surface area (TPSA) is 71.1 Å². The van der Waals surface area contributed by atoms with Gasteiger partial charge in [-0.3, -0.25) is 14.6 Å². The second-order valence-corrected chi connectivity index (χ2v) is 6.72. The van der Waals surface area contributed by atoms with E-state index in [2.05, 4.69) is 15.6 Å². The number of hydrogen-bond donors (Lipinski definition) is 2. The zero-order chi connectivity index (χ0) is 17.4. The Hall–Kier alpha value is -2.34. The predicted molar refractivity (Wildman–Crippen MR) is 98.2 cm³/mol. The lowest BCUT2D eigenvalue weighted by atomic mass is 10.3. The van der Waals surface area contributed by atoms with Crippen LogP contribution < -0.4 is 10.6 Å². The first kappa shape index (κ1) is 18.0. The summed E-state index contributed by atoms with van der Waals surface area (Å²) in [5, 5.41) is 5.46. The van der Waals surface area contributed by atoms with Crippen molar-refractivity contribution in [2.24, 2.45) is 0 Å². The van der Waals surface area contributed by atoms with E-state index < -0.39 is 0 Å². The molecular weight excluding hydrogens is 322 g/mol. The van der Waals surface area contributed by atoms with Crippen LogP contribution in [0.25, 0.3) is 0 Å². The van der Waals surface area contributed by atoms with E-state index in [-0.39, 0.29) is 17.1 Å². The smallest absolute Gasteiger partial charge is 0.237 e. The highest BCUT2D eigenvalue weighted by Crippen LogP contribution is 2.25. The molecule has 0 aliphatic heterocycles. The zero-order valence-corrected chi connectivity index (χ0v) is 14.6. The summed E-state index contributed by atoms with van der Waals surface area (Å²) in [5.41, 5.74) is 1.50. The first-order valence-corrected chi connectivity index (χ1v) is 8.74. The van der Waals surface area contributed by atoms with E-state index in [0.717, 1.165) is 22.7 Å². The first-order valence-electron chi connectivity index (χ1n) is 7.86. The molecule has 5 nitrogen and oxygen atoms in total. The monoisotopic (exact) mass is 343 g/mol. The molecule has 2 aromatic rings. The molecule has 24 heavy (non-hydrogen) atoms. The van der Waals surface area contributed by atoms with Crippen LogP contribution in [0.2, 0.25) is 0 Å². The fourth-order valence-corrected chi connectivity index (χ4v) is 2.87. The average molecular weight is 343 g/mol. The van der Waals surface area contributed by atoms with Gasteiger partial charge in [-0.15, -0.1) is 11.8 Å². The van der Waals surface area contributed by atoms with Crippen LogP contribution in [0.4, 0.5) is 11.4 Å². The van der Waals surface area contributed by atoms with E-state index >= 15 is 0 Å². The van der Waals surface area contributed by atoms with Gasteiger partial charge >= 0.3 is 0 Å². The van der Waals surface area contributed by atoms with Crippen molar-refractivity contribution >= 4 is 35.0 Å². The van der Waals surface area contributed by atoms with Crippen molar-refractivity contribution in [2.75, 3.05) is 10.6 Å². The summed E-state index contributed by atoms with van der Waals surface area (Å²) in [4.78, 5) is 28.6. The number of hydrogen-bond acceptors (Lipinski definition) is 4. The van der Waals surface area contributed by atoms with Crippen LogP contribution in [0.1, 0.15) is 26.7 Å². The van der Waals surface area contributed by atoms with Crippen molar-refractivity contribution in [1.82, 2.24) is 4.98 Å². The van der Waals surface area contributed by atoms with Crippen molar-refractivity contribution in [3.05, 3.63) is 48.8 Å². The minimum atomic E-state index is -0.237. The summed E-state index contributed by atoms with van der Waals surface area (Å²) in [6, 6.07) is 11.0. The molecule has 1 aromatic heterocycles. The van der Waals surface area contributed by atoms with E-state index in [1.807, 2.05) is 38.1 Å². The number of amides is 2. The van der Waals surface area contributed by atoms with Crippen molar-refractivity contribution < 1.29 is 9.59 Å². The number of nitrogens with zero attached hydrogens (tertiary/aromatic N) is 1. The van der Waals surface area contributed by atoms with E-state index in [1.165, 1.54) is 11.8 Å². The van der Waals surface area contributed by atoms with Crippen molar-refractivity contribution in [3.63, 3.8) is 0 Å². The molecule has 6 heteroatoms. The van der Waals surface area contributed by atoms with Gasteiger partial charge in [0.1, 0.15) is 0 Å². The van der Waals surface area contributed by atoms with E-state index in [9.17, 15) is 9.59 Å². The second kappa shape index (κ2) is 9.08. The standard InChI is InChI=1S/C18H21N3O2S/c1-3-4-17(22)20-14-5-7-16(8-6-14)24-13(2)18(23)21-15-9-11-19-12-10-15/h5-13H,3-4H2,1-2H3,(H,20,22)(H,19,21,23). The van der Waals surface area contributed by atoms with Crippen LogP contribution in [0.5, 0.6) is 0 Å². The Labute approximate surface area is 146 Å². The number of pyridine rings is 1. The summed E-state index contributed by atoms with van der Waals surface area (Å²) < 4.78 is 0. The Morgan fingerprint density at radius 1 is 1.04 bits per heavy atom. The fourth-order valence-electron chi connectivity index (χ4n) is 2.00. The molecule has 0 fully saturated rings. The predicted octanol–water partition coefficient (Wildman–Crippen LogP) is 3.94. The van der Waals surface area contributed by atoms with Crippen LogP contribution >= 0.6 is 11.8 Å². The summed E-state index contributed by atoms with van der Waals surface area (Å²) in [6.07, 6.45) is 4.62. The quantitative estimate of drug-likeness (QED) is 0.747. The number of carbonyl (C=O) groups excluding carboxylic acids is 2. The van der Waals surface area contributed by atoms with Gasteiger partial charge in [0.25, 0.3) is 0 Å². The lowest BCUT2D eigenvalue weighted by Crippen LogP contribution is -2.22. The molecule has 0 aliphatic carbocycles. The highest BCUT2D eigenvalue weighted by atomic mass is 32.2. The van der Waals surface area contributed by atoms with Crippen LogP contribution in [-0.2, 0) is 9.59 Å². The van der Waals surface area contributed by atoms with Crippen LogP contribution in [0.3, 0.4) is 0 Å². The molecule has 1 aromatic carbocycles. The average Bonchev–Trinajstić information content (AvgIpc) is 2.57. The molecular formula is C18H21N3O2S. The minimum Gasteiger partial charge on any atom is -0.326 e. The number of thioether (sulfide) groups is 1. The van der Waals surface area contributed by atoms with Gasteiger partial charge < -0.3 is 10.6 Å². The van der Waals surface area contributed by atoms with Gasteiger partial charge in [0.05, 0.1) is 5.25 Å². The Balaban J connectivity index is 1.88. The molecule has 0 bridgehead atoms. The van der Waals surface area contributed by atoms with Crippen molar-refractivity contribution in [1.29, 1.82) is 0 Å². The third-order valence-corrected chi connectivity index (χ3v) is 4.36. The fraction of sp³-hybridized carbons (Fsp3) is 0.278. The maximum atomic E-state index is 12.2. The number of nitrogens with one attached hydrogen (secondary N) is 2.